The fourth-order valence-electron chi connectivity index (χ4n) is 2.15. The summed E-state index contributed by atoms with van der Waals surface area (Å²) in [7, 11) is 0. The molecule has 0 saturated carbocycles. The maximum absolute atomic E-state index is 13.6. The molecular formula is C14H21FN2O. The Kier molecular flexibility index (Phi) is 4.96. The van der Waals surface area contributed by atoms with Crippen molar-refractivity contribution < 1.29 is 9.13 Å². The molecule has 1 aliphatic rings. The third-order valence-corrected chi connectivity index (χ3v) is 3.07. The number of rotatable bonds is 5. The molecule has 0 aliphatic carbocycles. The molecule has 4 heteroatoms. The quantitative estimate of drug-likeness (QED) is 0.813. The zero-order valence-electron chi connectivity index (χ0n) is 10.9. The number of hydrogen-bond acceptors (Lipinski definition) is 3. The lowest BCUT2D eigenvalue weighted by molar-refractivity contribution is 0.122. The second kappa shape index (κ2) is 6.71. The minimum Gasteiger partial charge on any atom is -0.378 e. The molecule has 100 valence electrons. The van der Waals surface area contributed by atoms with Crippen molar-refractivity contribution >= 4 is 5.69 Å². The molecule has 1 heterocycles. The Balaban J connectivity index is 2.05. The van der Waals surface area contributed by atoms with Crippen molar-refractivity contribution in [3.05, 3.63) is 29.6 Å². The molecule has 0 radical (unpaired) electrons. The Hall–Kier alpha value is -1.13. The van der Waals surface area contributed by atoms with Gasteiger partial charge in [-0.1, -0.05) is 6.92 Å². The SMILES string of the molecule is CCCNCc1cc(F)cc(N2CCOCC2)c1. The summed E-state index contributed by atoms with van der Waals surface area (Å²) in [5, 5.41) is 3.30. The molecule has 1 aliphatic heterocycles. The van der Waals surface area contributed by atoms with E-state index in [1.807, 2.05) is 0 Å². The minimum absolute atomic E-state index is 0.160. The number of nitrogens with zero attached hydrogens (tertiary/aromatic N) is 1. The lowest BCUT2D eigenvalue weighted by Gasteiger charge is -2.29. The highest BCUT2D eigenvalue weighted by Gasteiger charge is 2.12. The first kappa shape index (κ1) is 13.3. The highest BCUT2D eigenvalue weighted by Crippen LogP contribution is 2.19. The van der Waals surface area contributed by atoms with Gasteiger partial charge in [-0.25, -0.2) is 4.39 Å². The van der Waals surface area contributed by atoms with Gasteiger partial charge in [-0.3, -0.25) is 0 Å². The number of morpholine rings is 1. The van der Waals surface area contributed by atoms with Crippen molar-refractivity contribution in [2.45, 2.75) is 19.9 Å². The van der Waals surface area contributed by atoms with Crippen LogP contribution in [-0.2, 0) is 11.3 Å². The van der Waals surface area contributed by atoms with Crippen molar-refractivity contribution in [3.8, 4) is 0 Å². The molecule has 2 rings (SSSR count). The van der Waals surface area contributed by atoms with Crippen LogP contribution >= 0.6 is 0 Å². The van der Waals surface area contributed by atoms with Crippen LogP contribution in [0, 0.1) is 5.82 Å². The standard InChI is InChI=1S/C14H21FN2O/c1-2-3-16-11-12-8-13(15)10-14(9-12)17-4-6-18-7-5-17/h8-10,16H,2-7,11H2,1H3. The number of ether oxygens (including phenoxy) is 1. The molecule has 18 heavy (non-hydrogen) atoms. The average molecular weight is 252 g/mol. The molecule has 0 aromatic heterocycles. The summed E-state index contributed by atoms with van der Waals surface area (Å²) in [6.45, 7) is 6.93. The molecule has 1 aromatic carbocycles. The van der Waals surface area contributed by atoms with Crippen LogP contribution in [0.25, 0.3) is 0 Å². The monoisotopic (exact) mass is 252 g/mol. The van der Waals surface area contributed by atoms with Crippen molar-refractivity contribution in [1.29, 1.82) is 0 Å². The van der Waals surface area contributed by atoms with E-state index in [1.54, 1.807) is 12.1 Å². The molecule has 0 bridgehead atoms. The smallest absolute Gasteiger partial charge is 0.125 e. The van der Waals surface area contributed by atoms with E-state index < -0.39 is 0 Å². The molecule has 3 nitrogen and oxygen atoms in total. The summed E-state index contributed by atoms with van der Waals surface area (Å²) in [6, 6.07) is 5.28. The van der Waals surface area contributed by atoms with Crippen LogP contribution < -0.4 is 10.2 Å². The van der Waals surface area contributed by atoms with E-state index in [0.29, 0.717) is 0 Å². The second-order valence-electron chi connectivity index (χ2n) is 4.59. The van der Waals surface area contributed by atoms with E-state index in [-0.39, 0.29) is 5.82 Å². The molecule has 1 aromatic rings. The second-order valence-corrected chi connectivity index (χ2v) is 4.59. The predicted octanol–water partition coefficient (Wildman–Crippen LogP) is 2.16. The molecule has 0 unspecified atom stereocenters. The fourth-order valence-corrected chi connectivity index (χ4v) is 2.15. The van der Waals surface area contributed by atoms with E-state index in [0.717, 1.165) is 57.1 Å². The van der Waals surface area contributed by atoms with Crippen LogP contribution in [0.15, 0.2) is 18.2 Å². The van der Waals surface area contributed by atoms with Crippen molar-refractivity contribution in [2.75, 3.05) is 37.7 Å². The lowest BCUT2D eigenvalue weighted by atomic mass is 10.1. The lowest BCUT2D eigenvalue weighted by Crippen LogP contribution is -2.36. The maximum Gasteiger partial charge on any atom is 0.125 e. The Morgan fingerprint density at radius 2 is 2.06 bits per heavy atom. The van der Waals surface area contributed by atoms with Gasteiger partial charge in [-0.05, 0) is 36.7 Å². The predicted molar refractivity (Wildman–Crippen MR) is 71.4 cm³/mol. The minimum atomic E-state index is -0.160. The molecule has 1 N–H and O–H groups in total. The molecule has 0 amide bonds. The summed E-state index contributed by atoms with van der Waals surface area (Å²) in [6.07, 6.45) is 1.09. The summed E-state index contributed by atoms with van der Waals surface area (Å²) >= 11 is 0. The van der Waals surface area contributed by atoms with Gasteiger partial charge in [0.05, 0.1) is 13.2 Å². The zero-order valence-corrected chi connectivity index (χ0v) is 10.9. The van der Waals surface area contributed by atoms with Crippen molar-refractivity contribution in [2.24, 2.45) is 0 Å². The van der Waals surface area contributed by atoms with Gasteiger partial charge in [-0.2, -0.15) is 0 Å². The first-order chi connectivity index (χ1) is 8.79. The molecule has 0 spiro atoms. The Bertz CT molecular complexity index is 378. The highest BCUT2D eigenvalue weighted by atomic mass is 19.1. The summed E-state index contributed by atoms with van der Waals surface area (Å²) in [4.78, 5) is 2.18. The van der Waals surface area contributed by atoms with E-state index in [9.17, 15) is 4.39 Å². The van der Waals surface area contributed by atoms with Gasteiger partial charge < -0.3 is 15.0 Å². The van der Waals surface area contributed by atoms with Crippen molar-refractivity contribution in [1.82, 2.24) is 5.32 Å². The molecule has 1 saturated heterocycles. The number of halogens is 1. The normalized spacial score (nSPS) is 16.0. The van der Waals surface area contributed by atoms with Gasteiger partial charge in [0.1, 0.15) is 5.82 Å². The maximum atomic E-state index is 13.6. The number of nitrogens with one attached hydrogen (secondary N) is 1. The van der Waals surface area contributed by atoms with Gasteiger partial charge in [0.2, 0.25) is 0 Å². The third-order valence-electron chi connectivity index (χ3n) is 3.07. The van der Waals surface area contributed by atoms with Gasteiger partial charge in [0.25, 0.3) is 0 Å². The molecule has 1 fully saturated rings. The van der Waals surface area contributed by atoms with Gasteiger partial charge in [0, 0.05) is 25.3 Å². The van der Waals surface area contributed by atoms with Gasteiger partial charge in [-0.15, -0.1) is 0 Å². The Labute approximate surface area is 108 Å². The van der Waals surface area contributed by atoms with E-state index in [4.69, 9.17) is 4.74 Å². The van der Waals surface area contributed by atoms with Gasteiger partial charge >= 0.3 is 0 Å². The van der Waals surface area contributed by atoms with Crippen LogP contribution in [-0.4, -0.2) is 32.8 Å². The first-order valence-electron chi connectivity index (χ1n) is 6.62. The zero-order chi connectivity index (χ0) is 12.8. The van der Waals surface area contributed by atoms with Crippen LogP contribution in [0.3, 0.4) is 0 Å². The highest BCUT2D eigenvalue weighted by molar-refractivity contribution is 5.49. The van der Waals surface area contributed by atoms with E-state index >= 15 is 0 Å². The average Bonchev–Trinajstić information content (AvgIpc) is 2.39. The summed E-state index contributed by atoms with van der Waals surface area (Å²) in [5.74, 6) is -0.160. The number of benzene rings is 1. The van der Waals surface area contributed by atoms with Crippen LogP contribution in [0.5, 0.6) is 0 Å². The molecular weight excluding hydrogens is 231 g/mol. The largest absolute Gasteiger partial charge is 0.378 e. The van der Waals surface area contributed by atoms with Crippen LogP contribution in [0.4, 0.5) is 10.1 Å². The first-order valence-corrected chi connectivity index (χ1v) is 6.62. The number of anilines is 1. The topological polar surface area (TPSA) is 24.5 Å². The third kappa shape index (κ3) is 3.68. The number of hydrogen-bond donors (Lipinski definition) is 1. The fraction of sp³-hybridized carbons (Fsp3) is 0.571. The van der Waals surface area contributed by atoms with E-state index in [2.05, 4.69) is 23.2 Å². The van der Waals surface area contributed by atoms with Crippen LogP contribution in [0.2, 0.25) is 0 Å². The Morgan fingerprint density at radius 1 is 1.28 bits per heavy atom. The van der Waals surface area contributed by atoms with Crippen molar-refractivity contribution in [3.63, 3.8) is 0 Å². The molecule has 0 atom stereocenters. The van der Waals surface area contributed by atoms with Crippen LogP contribution in [0.1, 0.15) is 18.9 Å². The summed E-state index contributed by atoms with van der Waals surface area (Å²) in [5.41, 5.74) is 1.97. The van der Waals surface area contributed by atoms with Gasteiger partial charge in [0.15, 0.2) is 0 Å². The van der Waals surface area contributed by atoms with E-state index in [1.165, 1.54) is 0 Å². The summed E-state index contributed by atoms with van der Waals surface area (Å²) < 4.78 is 18.9. The Morgan fingerprint density at radius 3 is 2.78 bits per heavy atom.